The zero-order valence-electron chi connectivity index (χ0n) is 19.1. The molecule has 0 unspecified atom stereocenters. The van der Waals surface area contributed by atoms with Gasteiger partial charge in [0.1, 0.15) is 9.93 Å². The monoisotopic (exact) mass is 483 g/mol. The largest absolute Gasteiger partial charge is 0.334 e. The van der Waals surface area contributed by atoms with Crippen LogP contribution < -0.4 is 4.90 Å². The molecule has 2 heterocycles. The molecule has 1 amide bonds. The topological polar surface area (TPSA) is 35.9 Å². The molecule has 0 radical (unpaired) electrons. The summed E-state index contributed by atoms with van der Waals surface area (Å²) in [6.45, 7) is 5.51. The molecule has 0 spiro atoms. The molecule has 1 saturated heterocycles. The number of benzene rings is 3. The molecular formula is C28H25N3OS2. The van der Waals surface area contributed by atoms with Crippen molar-refractivity contribution in [1.29, 1.82) is 0 Å². The summed E-state index contributed by atoms with van der Waals surface area (Å²) < 4.78 is 0. The number of likely N-dealkylation sites (N-methyl/N-ethyl adjacent to an activating group) is 1. The number of fused-ring (bicyclic) bond motifs is 1. The zero-order chi connectivity index (χ0) is 23.5. The van der Waals surface area contributed by atoms with Gasteiger partial charge < -0.3 is 4.90 Å². The van der Waals surface area contributed by atoms with Crippen LogP contribution in [0.5, 0.6) is 0 Å². The molecular weight excluding hydrogens is 458 g/mol. The van der Waals surface area contributed by atoms with Crippen LogP contribution in [0.1, 0.15) is 25.0 Å². The average molecular weight is 484 g/mol. The first-order valence-corrected chi connectivity index (χ1v) is 13.0. The highest BCUT2D eigenvalue weighted by Crippen LogP contribution is 2.50. The van der Waals surface area contributed by atoms with Gasteiger partial charge in [-0.25, -0.2) is 4.99 Å². The van der Waals surface area contributed by atoms with E-state index in [2.05, 4.69) is 60.4 Å². The van der Waals surface area contributed by atoms with Crippen LogP contribution in [0.25, 0.3) is 12.2 Å². The van der Waals surface area contributed by atoms with Crippen molar-refractivity contribution in [3.63, 3.8) is 0 Å². The number of hydrogen-bond donors (Lipinski definition) is 0. The molecule has 34 heavy (non-hydrogen) atoms. The number of carbonyl (C=O) groups excluding carboxylic acids is 1. The van der Waals surface area contributed by atoms with Crippen LogP contribution in [-0.4, -0.2) is 29.1 Å². The van der Waals surface area contributed by atoms with E-state index in [-0.39, 0.29) is 5.91 Å². The number of anilines is 1. The van der Waals surface area contributed by atoms with Gasteiger partial charge in [-0.05, 0) is 61.0 Å². The van der Waals surface area contributed by atoms with Gasteiger partial charge in [0, 0.05) is 18.0 Å². The number of para-hydroxylation sites is 1. The van der Waals surface area contributed by atoms with Crippen molar-refractivity contribution in [2.75, 3.05) is 18.0 Å². The summed E-state index contributed by atoms with van der Waals surface area (Å²) in [6.07, 6.45) is 4.19. The fourth-order valence-electron chi connectivity index (χ4n) is 3.94. The first kappa shape index (κ1) is 22.6. The number of aliphatic imine (C=N–C) groups is 1. The summed E-state index contributed by atoms with van der Waals surface area (Å²) in [5.41, 5.74) is 4.28. The molecule has 1 fully saturated rings. The minimum absolute atomic E-state index is 0.0300. The molecule has 0 N–H and O–H groups in total. The Hall–Kier alpha value is -3.22. The lowest BCUT2D eigenvalue weighted by Gasteiger charge is -2.19. The Bertz CT molecular complexity index is 1300. The van der Waals surface area contributed by atoms with Crippen LogP contribution in [0.15, 0.2) is 98.7 Å². The quantitative estimate of drug-likeness (QED) is 0.283. The van der Waals surface area contributed by atoms with Crippen LogP contribution in [0.3, 0.4) is 0 Å². The van der Waals surface area contributed by atoms with E-state index in [1.165, 1.54) is 27.9 Å². The first-order valence-electron chi connectivity index (χ1n) is 11.4. The van der Waals surface area contributed by atoms with E-state index < -0.39 is 0 Å². The minimum Gasteiger partial charge on any atom is -0.334 e. The molecule has 5 rings (SSSR count). The second kappa shape index (κ2) is 9.95. The number of amides is 1. The molecule has 3 aromatic carbocycles. The van der Waals surface area contributed by atoms with E-state index in [9.17, 15) is 4.79 Å². The van der Waals surface area contributed by atoms with Gasteiger partial charge in [0.2, 0.25) is 0 Å². The van der Waals surface area contributed by atoms with E-state index in [0.29, 0.717) is 6.54 Å². The average Bonchev–Trinajstić information content (AvgIpc) is 3.40. The Morgan fingerprint density at radius 3 is 2.12 bits per heavy atom. The first-order chi connectivity index (χ1) is 16.7. The normalized spacial score (nSPS) is 19.0. The predicted molar refractivity (Wildman–Crippen MR) is 146 cm³/mol. The summed E-state index contributed by atoms with van der Waals surface area (Å²) in [5, 5.41) is 1.74. The van der Waals surface area contributed by atoms with E-state index in [1.807, 2.05) is 49.4 Å². The number of nitrogens with zero attached hydrogens (tertiary/aromatic N) is 3. The summed E-state index contributed by atoms with van der Waals surface area (Å²) in [6, 6.07) is 26.7. The Labute approximate surface area is 209 Å². The molecule has 0 atom stereocenters. The molecule has 0 bridgehead atoms. The maximum absolute atomic E-state index is 13.3. The van der Waals surface area contributed by atoms with Crippen molar-refractivity contribution in [3.05, 3.63) is 99.9 Å². The Kier molecular flexibility index (Phi) is 6.61. The number of carbonyl (C=O) groups is 1. The third kappa shape index (κ3) is 4.43. The molecule has 2 aliphatic rings. The lowest BCUT2D eigenvalue weighted by molar-refractivity contribution is -0.122. The van der Waals surface area contributed by atoms with Gasteiger partial charge in [0.25, 0.3) is 5.91 Å². The minimum atomic E-state index is 0.0300. The standard InChI is InChI=1S/C28H25N3OS2/c1-3-30-23-12-8-9-13-24(23)33-27(30)25-26(32)31(4-2)28(34-25)29-22-18-16-21(17-19-22)15-14-20-10-6-5-7-11-20/h5-19H,3-4H2,1-2H3/b15-14+,27-25?,29-28?. The van der Waals surface area contributed by atoms with Gasteiger partial charge in [-0.15, -0.1) is 0 Å². The fourth-order valence-corrected chi connectivity index (χ4v) is 6.40. The number of amidine groups is 1. The molecule has 2 aliphatic heterocycles. The maximum atomic E-state index is 13.3. The van der Waals surface area contributed by atoms with Crippen molar-refractivity contribution in [3.8, 4) is 0 Å². The molecule has 3 aromatic rings. The highest BCUT2D eigenvalue weighted by atomic mass is 32.2. The summed E-state index contributed by atoms with van der Waals surface area (Å²) in [4.78, 5) is 24.1. The lowest BCUT2D eigenvalue weighted by Crippen LogP contribution is -2.29. The second-order valence-corrected chi connectivity index (χ2v) is 9.84. The van der Waals surface area contributed by atoms with Gasteiger partial charge in [0.05, 0.1) is 11.4 Å². The molecule has 4 nitrogen and oxygen atoms in total. The summed E-state index contributed by atoms with van der Waals surface area (Å²) >= 11 is 3.15. The van der Waals surface area contributed by atoms with Gasteiger partial charge in [-0.1, -0.05) is 78.5 Å². The van der Waals surface area contributed by atoms with Crippen molar-refractivity contribution in [2.24, 2.45) is 4.99 Å². The fraction of sp³-hybridized carbons (Fsp3) is 0.143. The second-order valence-electron chi connectivity index (χ2n) is 7.83. The Balaban J connectivity index is 1.40. The molecule has 0 saturated carbocycles. The Morgan fingerprint density at radius 1 is 0.765 bits per heavy atom. The van der Waals surface area contributed by atoms with Crippen LogP contribution in [0.4, 0.5) is 11.4 Å². The van der Waals surface area contributed by atoms with Crippen LogP contribution in [0, 0.1) is 0 Å². The Morgan fingerprint density at radius 2 is 1.41 bits per heavy atom. The van der Waals surface area contributed by atoms with Crippen molar-refractivity contribution >= 4 is 58.1 Å². The smallest absolute Gasteiger partial charge is 0.269 e. The lowest BCUT2D eigenvalue weighted by atomic mass is 10.1. The zero-order valence-corrected chi connectivity index (χ0v) is 20.8. The predicted octanol–water partition coefficient (Wildman–Crippen LogP) is 7.24. The van der Waals surface area contributed by atoms with Crippen LogP contribution >= 0.6 is 23.5 Å². The van der Waals surface area contributed by atoms with E-state index in [1.54, 1.807) is 16.7 Å². The van der Waals surface area contributed by atoms with E-state index in [4.69, 9.17) is 4.99 Å². The van der Waals surface area contributed by atoms with Crippen molar-refractivity contribution < 1.29 is 4.79 Å². The summed E-state index contributed by atoms with van der Waals surface area (Å²) in [7, 11) is 0. The van der Waals surface area contributed by atoms with Crippen LogP contribution in [-0.2, 0) is 4.79 Å². The van der Waals surface area contributed by atoms with Gasteiger partial charge in [-0.2, -0.15) is 0 Å². The molecule has 6 heteroatoms. The molecule has 0 aromatic heterocycles. The SMILES string of the molecule is CCN1C(=O)C(=C2Sc3ccccc3N2CC)SC1=Nc1ccc(/C=C/c2ccccc2)cc1. The highest BCUT2D eigenvalue weighted by Gasteiger charge is 2.38. The maximum Gasteiger partial charge on any atom is 0.269 e. The van der Waals surface area contributed by atoms with Gasteiger partial charge in [-0.3, -0.25) is 9.69 Å². The third-order valence-electron chi connectivity index (χ3n) is 5.68. The van der Waals surface area contributed by atoms with Crippen LogP contribution in [0.2, 0.25) is 0 Å². The number of rotatable bonds is 5. The number of hydrogen-bond acceptors (Lipinski definition) is 5. The van der Waals surface area contributed by atoms with E-state index in [0.717, 1.165) is 32.9 Å². The van der Waals surface area contributed by atoms with Gasteiger partial charge in [0.15, 0.2) is 5.17 Å². The number of thioether (sulfide) groups is 2. The third-order valence-corrected chi connectivity index (χ3v) is 8.06. The van der Waals surface area contributed by atoms with E-state index >= 15 is 0 Å². The molecule has 0 aliphatic carbocycles. The van der Waals surface area contributed by atoms with Crippen molar-refractivity contribution in [1.82, 2.24) is 4.90 Å². The van der Waals surface area contributed by atoms with Crippen molar-refractivity contribution in [2.45, 2.75) is 18.7 Å². The highest BCUT2D eigenvalue weighted by molar-refractivity contribution is 8.19. The molecule has 170 valence electrons. The summed E-state index contributed by atoms with van der Waals surface area (Å²) in [5.74, 6) is 0.0300. The van der Waals surface area contributed by atoms with Gasteiger partial charge >= 0.3 is 0 Å².